The SMILES string of the molecule is Cn1c(OC2CCC(=O)NC2=O)nc2cccc(OCC3CN(C(=O)OC(C)(C)C)CCO3)c21. The molecule has 0 aliphatic carbocycles. The summed E-state index contributed by atoms with van der Waals surface area (Å²) in [6.07, 6.45) is -0.957. The minimum absolute atomic E-state index is 0.219. The monoisotopic (exact) mass is 474 g/mol. The molecule has 11 heteroatoms. The third-order valence-corrected chi connectivity index (χ3v) is 5.47. The molecule has 4 rings (SSSR count). The molecule has 11 nitrogen and oxygen atoms in total. The number of aryl methyl sites for hydroxylation is 1. The summed E-state index contributed by atoms with van der Waals surface area (Å²) in [7, 11) is 1.77. The van der Waals surface area contributed by atoms with Gasteiger partial charge in [-0.05, 0) is 32.9 Å². The summed E-state index contributed by atoms with van der Waals surface area (Å²) in [4.78, 5) is 41.9. The first-order chi connectivity index (χ1) is 16.1. The van der Waals surface area contributed by atoms with Crippen molar-refractivity contribution in [3.63, 3.8) is 0 Å². The highest BCUT2D eigenvalue weighted by Gasteiger charge is 2.31. The maximum atomic E-state index is 12.4. The van der Waals surface area contributed by atoms with Crippen molar-refractivity contribution >= 4 is 28.9 Å². The Labute approximate surface area is 197 Å². The van der Waals surface area contributed by atoms with Gasteiger partial charge in [0.1, 0.15) is 29.6 Å². The van der Waals surface area contributed by atoms with Crippen LogP contribution in [0.1, 0.15) is 33.6 Å². The number of amides is 3. The van der Waals surface area contributed by atoms with Gasteiger partial charge in [0.2, 0.25) is 5.91 Å². The molecule has 3 heterocycles. The van der Waals surface area contributed by atoms with Crippen LogP contribution in [0.25, 0.3) is 11.0 Å². The molecule has 1 N–H and O–H groups in total. The Morgan fingerprint density at radius 1 is 1.29 bits per heavy atom. The first-order valence-electron chi connectivity index (χ1n) is 11.3. The maximum Gasteiger partial charge on any atom is 0.410 e. The Morgan fingerprint density at radius 2 is 2.09 bits per heavy atom. The lowest BCUT2D eigenvalue weighted by molar-refractivity contribution is -0.139. The van der Waals surface area contributed by atoms with Crippen molar-refractivity contribution in [3.8, 4) is 11.8 Å². The van der Waals surface area contributed by atoms with E-state index in [2.05, 4.69) is 10.3 Å². The zero-order valence-corrected chi connectivity index (χ0v) is 19.8. The van der Waals surface area contributed by atoms with Gasteiger partial charge in [-0.2, -0.15) is 4.98 Å². The van der Waals surface area contributed by atoms with E-state index < -0.39 is 17.6 Å². The predicted octanol–water partition coefficient (Wildman–Crippen LogP) is 1.77. The Kier molecular flexibility index (Phi) is 6.65. The maximum absolute atomic E-state index is 12.4. The number of nitrogens with one attached hydrogen (secondary N) is 1. The summed E-state index contributed by atoms with van der Waals surface area (Å²) in [6.45, 7) is 6.94. The van der Waals surface area contributed by atoms with E-state index in [1.807, 2.05) is 39.0 Å². The van der Waals surface area contributed by atoms with E-state index in [1.165, 1.54) is 0 Å². The highest BCUT2D eigenvalue weighted by molar-refractivity contribution is 6.00. The van der Waals surface area contributed by atoms with Crippen molar-refractivity contribution in [1.29, 1.82) is 0 Å². The molecule has 1 aromatic carbocycles. The van der Waals surface area contributed by atoms with Gasteiger partial charge >= 0.3 is 6.09 Å². The van der Waals surface area contributed by atoms with Crippen molar-refractivity contribution in [1.82, 2.24) is 19.8 Å². The summed E-state index contributed by atoms with van der Waals surface area (Å²) in [5.41, 5.74) is 0.774. The van der Waals surface area contributed by atoms with Crippen LogP contribution >= 0.6 is 0 Å². The second-order valence-corrected chi connectivity index (χ2v) is 9.37. The second-order valence-electron chi connectivity index (χ2n) is 9.37. The molecule has 2 atom stereocenters. The second kappa shape index (κ2) is 9.49. The van der Waals surface area contributed by atoms with Crippen LogP contribution in [-0.4, -0.2) is 76.5 Å². The molecule has 2 unspecified atom stereocenters. The zero-order valence-electron chi connectivity index (χ0n) is 19.8. The average Bonchev–Trinajstić information content (AvgIpc) is 3.09. The van der Waals surface area contributed by atoms with Crippen LogP contribution in [0.5, 0.6) is 11.8 Å². The molecule has 34 heavy (non-hydrogen) atoms. The van der Waals surface area contributed by atoms with Crippen LogP contribution in [-0.2, 0) is 26.1 Å². The van der Waals surface area contributed by atoms with E-state index in [-0.39, 0.29) is 37.1 Å². The number of aromatic nitrogens is 2. The summed E-state index contributed by atoms with van der Waals surface area (Å²) < 4.78 is 24.8. The molecule has 3 amide bonds. The number of imide groups is 1. The summed E-state index contributed by atoms with van der Waals surface area (Å²) in [5.74, 6) is -0.201. The van der Waals surface area contributed by atoms with Gasteiger partial charge in [0.15, 0.2) is 6.10 Å². The highest BCUT2D eigenvalue weighted by Crippen LogP contribution is 2.30. The van der Waals surface area contributed by atoms with Gasteiger partial charge in [-0.25, -0.2) is 4.79 Å². The number of carbonyl (C=O) groups excluding carboxylic acids is 3. The number of imidazole rings is 1. The summed E-state index contributed by atoms with van der Waals surface area (Å²) >= 11 is 0. The smallest absolute Gasteiger partial charge is 0.410 e. The number of benzene rings is 1. The third kappa shape index (κ3) is 5.41. The molecule has 184 valence electrons. The molecular formula is C23H30N4O7. The van der Waals surface area contributed by atoms with E-state index in [4.69, 9.17) is 18.9 Å². The normalized spacial score (nSPS) is 21.4. The Balaban J connectivity index is 1.43. The van der Waals surface area contributed by atoms with Gasteiger partial charge < -0.3 is 23.8 Å². The van der Waals surface area contributed by atoms with Gasteiger partial charge in [0.05, 0.1) is 18.7 Å². The van der Waals surface area contributed by atoms with Gasteiger partial charge in [0, 0.05) is 26.4 Å². The molecule has 2 aliphatic rings. The quantitative estimate of drug-likeness (QED) is 0.651. The Bertz CT molecular complexity index is 1090. The number of para-hydroxylation sites is 1. The van der Waals surface area contributed by atoms with E-state index in [0.717, 1.165) is 0 Å². The predicted molar refractivity (Wildman–Crippen MR) is 121 cm³/mol. The van der Waals surface area contributed by atoms with E-state index >= 15 is 0 Å². The van der Waals surface area contributed by atoms with Gasteiger partial charge in [-0.1, -0.05) is 6.07 Å². The first kappa shape index (κ1) is 23.8. The molecule has 0 saturated carbocycles. The number of nitrogens with zero attached hydrogens (tertiary/aromatic N) is 3. The molecule has 2 aromatic rings. The fourth-order valence-electron chi connectivity index (χ4n) is 3.84. The van der Waals surface area contributed by atoms with Crippen molar-refractivity contribution in [2.24, 2.45) is 7.05 Å². The molecule has 0 radical (unpaired) electrons. The Morgan fingerprint density at radius 3 is 2.82 bits per heavy atom. The van der Waals surface area contributed by atoms with Crippen molar-refractivity contribution in [2.45, 2.75) is 51.4 Å². The van der Waals surface area contributed by atoms with E-state index in [1.54, 1.807) is 16.5 Å². The molecule has 1 aromatic heterocycles. The van der Waals surface area contributed by atoms with Gasteiger partial charge in [-0.15, -0.1) is 0 Å². The van der Waals surface area contributed by atoms with E-state index in [0.29, 0.717) is 42.9 Å². The van der Waals surface area contributed by atoms with Crippen molar-refractivity contribution in [3.05, 3.63) is 18.2 Å². The number of morpholine rings is 1. The van der Waals surface area contributed by atoms with E-state index in [9.17, 15) is 14.4 Å². The molecule has 2 saturated heterocycles. The molecule has 2 fully saturated rings. The zero-order chi connectivity index (χ0) is 24.5. The first-order valence-corrected chi connectivity index (χ1v) is 11.3. The fourth-order valence-corrected chi connectivity index (χ4v) is 3.84. The number of piperidine rings is 1. The fraction of sp³-hybridized carbons (Fsp3) is 0.565. The number of ether oxygens (including phenoxy) is 4. The molecule has 0 spiro atoms. The lowest BCUT2D eigenvalue weighted by Crippen LogP contribution is -2.49. The number of fused-ring (bicyclic) bond motifs is 1. The molecule has 2 aliphatic heterocycles. The topological polar surface area (TPSA) is 121 Å². The van der Waals surface area contributed by atoms with Crippen LogP contribution in [0.3, 0.4) is 0 Å². The van der Waals surface area contributed by atoms with Crippen LogP contribution in [0.2, 0.25) is 0 Å². The van der Waals surface area contributed by atoms with Gasteiger partial charge in [-0.3, -0.25) is 19.5 Å². The van der Waals surface area contributed by atoms with Gasteiger partial charge in [0.25, 0.3) is 11.9 Å². The average molecular weight is 475 g/mol. The van der Waals surface area contributed by atoms with Crippen LogP contribution < -0.4 is 14.8 Å². The summed E-state index contributed by atoms with van der Waals surface area (Å²) in [5, 5.41) is 2.28. The van der Waals surface area contributed by atoms with Crippen molar-refractivity contribution < 1.29 is 33.3 Å². The van der Waals surface area contributed by atoms with Crippen LogP contribution in [0.15, 0.2) is 18.2 Å². The lowest BCUT2D eigenvalue weighted by atomic mass is 10.1. The number of carbonyl (C=O) groups is 3. The minimum Gasteiger partial charge on any atom is -0.489 e. The lowest BCUT2D eigenvalue weighted by Gasteiger charge is -2.34. The number of hydrogen-bond acceptors (Lipinski definition) is 8. The standard InChI is InChI=1S/C23H30N4O7/c1-23(2,3)34-22(30)27-10-11-31-14(12-27)13-32-16-7-5-6-15-19(16)26(4)21(24-15)33-17-8-9-18(28)25-20(17)29/h5-7,14,17H,8-13H2,1-4H3,(H,25,28,29). The number of rotatable bonds is 5. The highest BCUT2D eigenvalue weighted by atomic mass is 16.6. The van der Waals surface area contributed by atoms with Crippen molar-refractivity contribution in [2.75, 3.05) is 26.3 Å². The van der Waals surface area contributed by atoms with Crippen LogP contribution in [0, 0.1) is 0 Å². The summed E-state index contributed by atoms with van der Waals surface area (Å²) in [6, 6.07) is 5.70. The largest absolute Gasteiger partial charge is 0.489 e. The Hall–Kier alpha value is -3.34. The number of hydrogen-bond donors (Lipinski definition) is 1. The van der Waals surface area contributed by atoms with Crippen LogP contribution in [0.4, 0.5) is 4.79 Å². The minimum atomic E-state index is -0.785. The third-order valence-electron chi connectivity index (χ3n) is 5.47. The molecular weight excluding hydrogens is 444 g/mol. The molecule has 0 bridgehead atoms.